The van der Waals surface area contributed by atoms with Crippen LogP contribution in [0.15, 0.2) is 122 Å². The van der Waals surface area contributed by atoms with Crippen molar-refractivity contribution < 1.29 is 38.2 Å². The number of quaternary nitrogens is 1. The minimum absolute atomic E-state index is 0.00919. The third kappa shape index (κ3) is 37.3. The molecule has 0 aromatic heterocycles. The Hall–Kier alpha value is -4.27. The molecule has 0 aromatic rings. The number of aliphatic carboxylic acids is 1. The van der Waals surface area contributed by atoms with Gasteiger partial charge in [-0.25, -0.2) is 0 Å². The largest absolute Gasteiger partial charge is 0.544 e. The predicted octanol–water partition coefficient (Wildman–Crippen LogP) is 10.5. The third-order valence-corrected chi connectivity index (χ3v) is 8.59. The van der Waals surface area contributed by atoms with Crippen molar-refractivity contribution >= 4 is 17.9 Å². The van der Waals surface area contributed by atoms with Gasteiger partial charge < -0.3 is 28.6 Å². The summed E-state index contributed by atoms with van der Waals surface area (Å²) in [6.07, 6.45) is 55.3. The van der Waals surface area contributed by atoms with Crippen LogP contribution < -0.4 is 5.11 Å². The summed E-state index contributed by atoms with van der Waals surface area (Å²) < 4.78 is 17.0. The SMILES string of the molecule is CC/C=C/C/C=C/C/C=C/C/C=C/C/C=C/CCCC(=O)OCC(COCCC(C(=O)[O-])[N+](C)(C)C)OC(=O)CCC/C=C/C/C=C/C/C=C/C/C=C/C/C=C/CC. The molecule has 0 aliphatic rings. The van der Waals surface area contributed by atoms with Crippen molar-refractivity contribution in [3.8, 4) is 0 Å². The van der Waals surface area contributed by atoms with E-state index in [0.29, 0.717) is 12.8 Å². The van der Waals surface area contributed by atoms with Gasteiger partial charge >= 0.3 is 11.9 Å². The van der Waals surface area contributed by atoms with Crippen LogP contribution >= 0.6 is 0 Å². The maximum absolute atomic E-state index is 12.7. The van der Waals surface area contributed by atoms with Crippen LogP contribution in [-0.4, -0.2) is 75.5 Å². The summed E-state index contributed by atoms with van der Waals surface area (Å²) in [5, 5.41) is 11.6. The highest BCUT2D eigenvalue weighted by Crippen LogP contribution is 2.10. The van der Waals surface area contributed by atoms with Crippen LogP contribution in [0.5, 0.6) is 0 Å². The second-order valence-electron chi connectivity index (χ2n) is 14.8. The molecule has 2 unspecified atom stereocenters. The Morgan fingerprint density at radius 1 is 0.517 bits per heavy atom. The molecular weight excluding hydrogens is 727 g/mol. The fourth-order valence-electron chi connectivity index (χ4n) is 5.32. The van der Waals surface area contributed by atoms with E-state index in [9.17, 15) is 19.5 Å². The standard InChI is InChI=1S/C50H77NO7/c1-6-8-10-12-14-16-18-20-22-24-26-28-30-32-34-36-38-40-48(52)57-45-46(44-56-43-42-47(50(54)55)51(3,4)5)58-49(53)41-39-37-35-33-31-29-27-25-23-21-19-17-15-13-11-9-7-2/h8-11,14-17,20-23,26-29,32-35,46-47H,6-7,12-13,18-19,24-25,30-31,36-45H2,1-5H3/b10-8+,11-9+,16-14+,17-15+,22-20+,23-21+,28-26+,29-27+,34-32+,35-33+. The van der Waals surface area contributed by atoms with Gasteiger partial charge in [0.05, 0.1) is 40.3 Å². The van der Waals surface area contributed by atoms with Crippen LogP contribution in [-0.2, 0) is 28.6 Å². The second kappa shape index (κ2) is 39.6. The summed E-state index contributed by atoms with van der Waals surface area (Å²) in [7, 11) is 5.35. The summed E-state index contributed by atoms with van der Waals surface area (Å²) in [5.41, 5.74) is 0. The first-order valence-corrected chi connectivity index (χ1v) is 21.6. The van der Waals surface area contributed by atoms with Crippen LogP contribution in [0.4, 0.5) is 0 Å². The lowest BCUT2D eigenvalue weighted by atomic mass is 10.1. The molecule has 0 aliphatic heterocycles. The average molecular weight is 804 g/mol. The summed E-state index contributed by atoms with van der Waals surface area (Å²) in [6, 6.07) is -0.752. The maximum Gasteiger partial charge on any atom is 0.306 e. The molecule has 2 atom stereocenters. The van der Waals surface area contributed by atoms with Gasteiger partial charge in [-0.2, -0.15) is 0 Å². The Morgan fingerprint density at radius 2 is 0.879 bits per heavy atom. The number of carbonyl (C=O) groups excluding carboxylic acids is 3. The number of hydrogen-bond acceptors (Lipinski definition) is 7. The summed E-state index contributed by atoms with van der Waals surface area (Å²) in [5.74, 6) is -1.91. The molecule has 8 heteroatoms. The quantitative estimate of drug-likeness (QED) is 0.0269. The minimum atomic E-state index is -1.15. The van der Waals surface area contributed by atoms with E-state index in [-0.39, 0.29) is 49.5 Å². The molecule has 0 amide bonds. The molecule has 0 heterocycles. The van der Waals surface area contributed by atoms with Crippen molar-refractivity contribution in [2.45, 2.75) is 135 Å². The van der Waals surface area contributed by atoms with Crippen LogP contribution in [0.25, 0.3) is 0 Å². The number of unbranched alkanes of at least 4 members (excludes halogenated alkanes) is 2. The van der Waals surface area contributed by atoms with Crippen molar-refractivity contribution in [2.75, 3.05) is 41.0 Å². The number of nitrogens with zero attached hydrogens (tertiary/aromatic N) is 1. The molecule has 0 bridgehead atoms. The Labute approximate surface area is 352 Å². The van der Waals surface area contributed by atoms with Crippen molar-refractivity contribution in [3.05, 3.63) is 122 Å². The van der Waals surface area contributed by atoms with E-state index >= 15 is 0 Å². The highest BCUT2D eigenvalue weighted by Gasteiger charge is 2.25. The van der Waals surface area contributed by atoms with Gasteiger partial charge in [-0.05, 0) is 89.9 Å². The summed E-state index contributed by atoms with van der Waals surface area (Å²) >= 11 is 0. The maximum atomic E-state index is 12.7. The Kier molecular flexibility index (Phi) is 36.6. The van der Waals surface area contributed by atoms with Gasteiger partial charge in [0.15, 0.2) is 6.10 Å². The molecule has 58 heavy (non-hydrogen) atoms. The lowest BCUT2D eigenvalue weighted by Gasteiger charge is -2.34. The minimum Gasteiger partial charge on any atom is -0.544 e. The number of ether oxygens (including phenoxy) is 3. The van der Waals surface area contributed by atoms with Gasteiger partial charge in [-0.1, -0.05) is 135 Å². The van der Waals surface area contributed by atoms with Crippen LogP contribution in [0.2, 0.25) is 0 Å². The normalized spacial score (nSPS) is 14.2. The summed E-state index contributed by atoms with van der Waals surface area (Å²) in [4.78, 5) is 36.8. The average Bonchev–Trinajstić information content (AvgIpc) is 3.18. The first-order chi connectivity index (χ1) is 28.1. The van der Waals surface area contributed by atoms with Crippen LogP contribution in [0.3, 0.4) is 0 Å². The van der Waals surface area contributed by atoms with E-state index in [2.05, 4.69) is 135 Å². The van der Waals surface area contributed by atoms with Gasteiger partial charge in [0.25, 0.3) is 0 Å². The molecule has 0 saturated carbocycles. The Balaban J connectivity index is 4.59. The van der Waals surface area contributed by atoms with E-state index in [0.717, 1.165) is 77.0 Å². The van der Waals surface area contributed by atoms with Crippen LogP contribution in [0.1, 0.15) is 123 Å². The molecule has 0 radical (unpaired) electrons. The zero-order valence-corrected chi connectivity index (χ0v) is 36.6. The second-order valence-corrected chi connectivity index (χ2v) is 14.8. The molecule has 0 saturated heterocycles. The van der Waals surface area contributed by atoms with Crippen molar-refractivity contribution in [2.24, 2.45) is 0 Å². The Morgan fingerprint density at radius 3 is 1.24 bits per heavy atom. The fraction of sp³-hybridized carbons (Fsp3) is 0.540. The van der Waals surface area contributed by atoms with Gasteiger partial charge in [0, 0.05) is 19.3 Å². The molecule has 0 rings (SSSR count). The van der Waals surface area contributed by atoms with Crippen molar-refractivity contribution in [1.29, 1.82) is 0 Å². The van der Waals surface area contributed by atoms with Gasteiger partial charge in [-0.15, -0.1) is 0 Å². The van der Waals surface area contributed by atoms with Crippen LogP contribution in [0, 0.1) is 0 Å². The highest BCUT2D eigenvalue weighted by molar-refractivity contribution is 5.70. The van der Waals surface area contributed by atoms with E-state index < -0.39 is 24.1 Å². The highest BCUT2D eigenvalue weighted by atomic mass is 16.6. The number of hydrogen-bond donors (Lipinski definition) is 0. The van der Waals surface area contributed by atoms with E-state index in [1.165, 1.54) is 0 Å². The number of carboxylic acids is 1. The molecule has 0 N–H and O–H groups in total. The smallest absolute Gasteiger partial charge is 0.306 e. The Bertz CT molecular complexity index is 1350. The number of likely N-dealkylation sites (N-methyl/N-ethyl adjacent to an activating group) is 1. The number of carboxylic acid groups (broad SMARTS) is 1. The van der Waals surface area contributed by atoms with Crippen molar-refractivity contribution in [3.63, 3.8) is 0 Å². The zero-order chi connectivity index (χ0) is 42.8. The molecule has 0 spiro atoms. The third-order valence-electron chi connectivity index (χ3n) is 8.59. The first kappa shape index (κ1) is 53.7. The number of rotatable bonds is 36. The van der Waals surface area contributed by atoms with E-state index in [1.54, 1.807) is 21.1 Å². The van der Waals surface area contributed by atoms with Gasteiger partial charge in [0.1, 0.15) is 12.6 Å². The predicted molar refractivity (Wildman–Crippen MR) is 240 cm³/mol. The zero-order valence-electron chi connectivity index (χ0n) is 36.6. The molecule has 0 fully saturated rings. The monoisotopic (exact) mass is 804 g/mol. The topological polar surface area (TPSA) is 102 Å². The van der Waals surface area contributed by atoms with E-state index in [1.807, 2.05) is 0 Å². The van der Waals surface area contributed by atoms with Crippen molar-refractivity contribution in [1.82, 2.24) is 0 Å². The molecule has 0 aliphatic carbocycles. The van der Waals surface area contributed by atoms with Gasteiger partial charge in [-0.3, -0.25) is 9.59 Å². The lowest BCUT2D eigenvalue weighted by molar-refractivity contribution is -0.889. The van der Waals surface area contributed by atoms with E-state index in [4.69, 9.17) is 14.2 Å². The molecule has 324 valence electrons. The fourth-order valence-corrected chi connectivity index (χ4v) is 5.32. The molecular formula is C50H77NO7. The molecule has 0 aromatic carbocycles. The van der Waals surface area contributed by atoms with Gasteiger partial charge in [0.2, 0.25) is 0 Å². The first-order valence-electron chi connectivity index (χ1n) is 21.6. The number of esters is 2. The number of carbonyl (C=O) groups is 3. The number of allylic oxidation sites excluding steroid dienone is 20. The summed E-state index contributed by atoms with van der Waals surface area (Å²) in [6.45, 7) is 4.27. The molecule has 8 nitrogen and oxygen atoms in total. The lowest BCUT2D eigenvalue weighted by Crippen LogP contribution is -2.55.